The summed E-state index contributed by atoms with van der Waals surface area (Å²) in [7, 11) is 0. The number of nitrogens with zero attached hydrogens (tertiary/aromatic N) is 4. The Kier molecular flexibility index (Phi) is 7.95. The van der Waals surface area contributed by atoms with Gasteiger partial charge in [0.2, 0.25) is 0 Å². The van der Waals surface area contributed by atoms with Crippen molar-refractivity contribution in [2.45, 2.75) is 0 Å². The molecule has 3 aromatic heterocycles. The first-order valence-electron chi connectivity index (χ1n) is 22.6. The van der Waals surface area contributed by atoms with Gasteiger partial charge in [0.1, 0.15) is 0 Å². The summed E-state index contributed by atoms with van der Waals surface area (Å²) < 4.78 is 4.98. The average molecular weight is 839 g/mol. The molecule has 306 valence electrons. The summed E-state index contributed by atoms with van der Waals surface area (Å²) in [5.74, 6) is 0.707. The molecule has 14 rings (SSSR count). The van der Waals surface area contributed by atoms with Crippen molar-refractivity contribution in [2.75, 3.05) is 0 Å². The minimum Gasteiger partial charge on any atom is -0.309 e. The van der Waals surface area contributed by atoms with Gasteiger partial charge in [-0.1, -0.05) is 176 Å². The molecule has 14 aromatic rings. The molecule has 0 bridgehead atoms. The zero-order valence-corrected chi connectivity index (χ0v) is 35.7. The maximum absolute atomic E-state index is 5.21. The highest BCUT2D eigenvalue weighted by molar-refractivity contribution is 6.45. The van der Waals surface area contributed by atoms with Gasteiger partial charge >= 0.3 is 0 Å². The largest absolute Gasteiger partial charge is 0.309 e. The van der Waals surface area contributed by atoms with Crippen LogP contribution in [0.4, 0.5) is 0 Å². The summed E-state index contributed by atoms with van der Waals surface area (Å²) in [6.07, 6.45) is 0. The van der Waals surface area contributed by atoms with Crippen LogP contribution in [0.25, 0.3) is 132 Å². The Hall–Kier alpha value is -8.86. The molecule has 4 heteroatoms. The molecule has 0 atom stereocenters. The van der Waals surface area contributed by atoms with E-state index in [4.69, 9.17) is 9.97 Å². The van der Waals surface area contributed by atoms with Crippen molar-refractivity contribution in [2.24, 2.45) is 0 Å². The van der Waals surface area contributed by atoms with Crippen molar-refractivity contribution in [3.63, 3.8) is 0 Å². The molecule has 0 aliphatic carbocycles. The summed E-state index contributed by atoms with van der Waals surface area (Å²) in [6, 6.07) is 83.2. The molecule has 0 unspecified atom stereocenters. The van der Waals surface area contributed by atoms with Crippen molar-refractivity contribution in [3.8, 4) is 45.1 Å². The fourth-order valence-corrected chi connectivity index (χ4v) is 10.9. The lowest BCUT2D eigenvalue weighted by Gasteiger charge is -2.17. The third-order valence-electron chi connectivity index (χ3n) is 13.7. The second-order valence-corrected chi connectivity index (χ2v) is 17.2. The van der Waals surface area contributed by atoms with E-state index >= 15 is 0 Å². The van der Waals surface area contributed by atoms with E-state index in [9.17, 15) is 0 Å². The first-order valence-corrected chi connectivity index (χ1v) is 22.6. The van der Waals surface area contributed by atoms with E-state index in [0.29, 0.717) is 5.82 Å². The van der Waals surface area contributed by atoms with Gasteiger partial charge in [0, 0.05) is 65.6 Å². The molecule has 0 amide bonds. The van der Waals surface area contributed by atoms with Crippen molar-refractivity contribution in [1.82, 2.24) is 19.1 Å². The molecule has 0 fully saturated rings. The Morgan fingerprint density at radius 3 is 1.21 bits per heavy atom. The van der Waals surface area contributed by atoms with Gasteiger partial charge < -0.3 is 9.13 Å². The number of benzene rings is 11. The quantitative estimate of drug-likeness (QED) is 0.162. The van der Waals surface area contributed by atoms with Crippen LogP contribution in [0, 0.1) is 0 Å². The third-order valence-corrected chi connectivity index (χ3v) is 13.7. The number of aromatic nitrogens is 4. The van der Waals surface area contributed by atoms with Crippen molar-refractivity contribution in [3.05, 3.63) is 231 Å². The summed E-state index contributed by atoms with van der Waals surface area (Å²) in [5.41, 5.74) is 13.3. The molecule has 0 radical (unpaired) electrons. The predicted octanol–water partition coefficient (Wildman–Crippen LogP) is 16.3. The van der Waals surface area contributed by atoms with Crippen molar-refractivity contribution >= 4 is 86.8 Å². The van der Waals surface area contributed by atoms with E-state index in [-0.39, 0.29) is 0 Å². The van der Waals surface area contributed by atoms with E-state index in [2.05, 4.69) is 228 Å². The smallest absolute Gasteiger partial charge is 0.160 e. The van der Waals surface area contributed by atoms with Gasteiger partial charge in [-0.2, -0.15) is 0 Å². The first kappa shape index (κ1) is 36.6. The van der Waals surface area contributed by atoms with Gasteiger partial charge in [0.05, 0.1) is 33.3 Å². The van der Waals surface area contributed by atoms with E-state index in [1.807, 2.05) is 12.1 Å². The summed E-state index contributed by atoms with van der Waals surface area (Å²) in [5, 5.41) is 13.5. The Morgan fingerprint density at radius 1 is 0.258 bits per heavy atom. The standard InChI is InChI=1S/C62H38N4/c1-3-17-39(18-4-1)40-31-35-43(36-32-40)65-53-29-15-12-26-50(53)56-58-55(45-21-7-9-23-47(45)60(56)65)46-22-8-10-24-48(46)61-57(58)51-27-13-16-30-54(51)66(61)44-37-33-42(34-38-44)62-63-52-28-14-11-25-49(52)59(64-62)41-19-5-2-6-20-41/h1-38H. The lowest BCUT2D eigenvalue weighted by atomic mass is 9.89. The summed E-state index contributed by atoms with van der Waals surface area (Å²) in [4.78, 5) is 10.3. The summed E-state index contributed by atoms with van der Waals surface area (Å²) in [6.45, 7) is 0. The van der Waals surface area contributed by atoms with Crippen LogP contribution in [0.3, 0.4) is 0 Å². The Balaban J connectivity index is 1.07. The molecule has 0 saturated heterocycles. The molecule has 0 spiro atoms. The van der Waals surface area contributed by atoms with Crippen LogP contribution >= 0.6 is 0 Å². The highest BCUT2D eigenvalue weighted by Crippen LogP contribution is 2.50. The lowest BCUT2D eigenvalue weighted by molar-refractivity contribution is 1.18. The second-order valence-electron chi connectivity index (χ2n) is 17.2. The maximum atomic E-state index is 5.21. The number of fused-ring (bicyclic) bond motifs is 16. The highest BCUT2D eigenvalue weighted by Gasteiger charge is 2.26. The molecule has 0 N–H and O–H groups in total. The summed E-state index contributed by atoms with van der Waals surface area (Å²) >= 11 is 0. The molecule has 0 aliphatic rings. The molecule has 0 aliphatic heterocycles. The van der Waals surface area contributed by atoms with Crippen LogP contribution in [0.1, 0.15) is 0 Å². The Labute approximate surface area is 379 Å². The highest BCUT2D eigenvalue weighted by atomic mass is 15.0. The first-order chi connectivity index (χ1) is 32.8. The third kappa shape index (κ3) is 5.33. The number of hydrogen-bond acceptors (Lipinski definition) is 2. The van der Waals surface area contributed by atoms with Crippen molar-refractivity contribution < 1.29 is 0 Å². The minimum absolute atomic E-state index is 0.707. The fraction of sp³-hybridized carbons (Fsp3) is 0. The second kappa shape index (κ2) is 14.3. The molecular weight excluding hydrogens is 801 g/mol. The van der Waals surface area contributed by atoms with Gasteiger partial charge in [0.15, 0.2) is 5.82 Å². The van der Waals surface area contributed by atoms with Gasteiger partial charge in [-0.05, 0) is 81.9 Å². The fourth-order valence-electron chi connectivity index (χ4n) is 10.9. The van der Waals surface area contributed by atoms with Crippen LogP contribution in [0.5, 0.6) is 0 Å². The molecule has 66 heavy (non-hydrogen) atoms. The molecule has 4 nitrogen and oxygen atoms in total. The number of para-hydroxylation sites is 3. The van der Waals surface area contributed by atoms with Crippen LogP contribution in [0.2, 0.25) is 0 Å². The SMILES string of the molecule is c1ccc(-c2ccc(-n3c4ccccc4c4c5c(c6ccccc6c43)c3ccccc3c3c5c4ccccc4n3-c3ccc(-c4nc(-c5ccccc5)c5ccccc5n4)cc3)cc2)cc1. The Morgan fingerprint density at radius 2 is 0.667 bits per heavy atom. The van der Waals surface area contributed by atoms with Gasteiger partial charge in [-0.15, -0.1) is 0 Å². The van der Waals surface area contributed by atoms with E-state index in [0.717, 1.165) is 44.6 Å². The monoisotopic (exact) mass is 838 g/mol. The maximum Gasteiger partial charge on any atom is 0.160 e. The molecular formula is C62H38N4. The van der Waals surface area contributed by atoms with E-state index in [1.165, 1.54) is 81.5 Å². The van der Waals surface area contributed by atoms with Gasteiger partial charge in [0.25, 0.3) is 0 Å². The van der Waals surface area contributed by atoms with Gasteiger partial charge in [-0.25, -0.2) is 9.97 Å². The Bertz CT molecular complexity index is 4240. The van der Waals surface area contributed by atoms with Crippen LogP contribution in [0.15, 0.2) is 231 Å². The van der Waals surface area contributed by atoms with Crippen LogP contribution in [-0.2, 0) is 0 Å². The number of hydrogen-bond donors (Lipinski definition) is 0. The topological polar surface area (TPSA) is 35.6 Å². The van der Waals surface area contributed by atoms with Crippen LogP contribution in [-0.4, -0.2) is 19.1 Å². The minimum atomic E-state index is 0.707. The molecule has 3 heterocycles. The zero-order chi connectivity index (χ0) is 43.3. The lowest BCUT2D eigenvalue weighted by Crippen LogP contribution is -1.97. The van der Waals surface area contributed by atoms with Crippen molar-refractivity contribution in [1.29, 1.82) is 0 Å². The molecule has 0 saturated carbocycles. The van der Waals surface area contributed by atoms with E-state index < -0.39 is 0 Å². The predicted molar refractivity (Wildman–Crippen MR) is 277 cm³/mol. The van der Waals surface area contributed by atoms with Crippen LogP contribution < -0.4 is 0 Å². The van der Waals surface area contributed by atoms with E-state index in [1.54, 1.807) is 0 Å². The number of rotatable bonds is 5. The normalized spacial score (nSPS) is 11.9. The zero-order valence-electron chi connectivity index (χ0n) is 35.7. The average Bonchev–Trinajstić information content (AvgIpc) is 3.93. The van der Waals surface area contributed by atoms with Gasteiger partial charge in [-0.3, -0.25) is 0 Å². The molecule has 11 aromatic carbocycles.